The highest BCUT2D eigenvalue weighted by Gasteiger charge is 2.31. The molecule has 0 aromatic carbocycles. The number of hydrogen-bond donors (Lipinski definition) is 1. The number of nitrogens with zero attached hydrogens (tertiary/aromatic N) is 1. The molecule has 0 radical (unpaired) electrons. The summed E-state index contributed by atoms with van der Waals surface area (Å²) in [6, 6.07) is -0.247. The van der Waals surface area contributed by atoms with E-state index in [1.165, 1.54) is 0 Å². The Balaban J connectivity index is 2.56. The SMILES string of the molecule is CCC(C)CN1CCC(C)CC1C(=O)O. The van der Waals surface area contributed by atoms with Crippen molar-refractivity contribution in [2.45, 2.75) is 46.1 Å². The van der Waals surface area contributed by atoms with Gasteiger partial charge in [0.1, 0.15) is 6.04 Å². The van der Waals surface area contributed by atoms with E-state index in [-0.39, 0.29) is 6.04 Å². The molecule has 1 fully saturated rings. The topological polar surface area (TPSA) is 40.5 Å². The fraction of sp³-hybridized carbons (Fsp3) is 0.917. The van der Waals surface area contributed by atoms with Crippen LogP contribution in [-0.4, -0.2) is 35.1 Å². The Hall–Kier alpha value is -0.570. The Labute approximate surface area is 92.5 Å². The first kappa shape index (κ1) is 12.5. The summed E-state index contributed by atoms with van der Waals surface area (Å²) in [6.45, 7) is 8.38. The fourth-order valence-corrected chi connectivity index (χ4v) is 2.20. The number of hydrogen-bond acceptors (Lipinski definition) is 2. The van der Waals surface area contributed by atoms with Crippen LogP contribution in [0.25, 0.3) is 0 Å². The summed E-state index contributed by atoms with van der Waals surface area (Å²) in [7, 11) is 0. The van der Waals surface area contributed by atoms with Crippen LogP contribution in [0.15, 0.2) is 0 Å². The molecule has 1 heterocycles. The highest BCUT2D eigenvalue weighted by Crippen LogP contribution is 2.23. The zero-order valence-electron chi connectivity index (χ0n) is 10.1. The quantitative estimate of drug-likeness (QED) is 0.778. The summed E-state index contributed by atoms with van der Waals surface area (Å²) in [5.74, 6) is 0.504. The van der Waals surface area contributed by atoms with Crippen LogP contribution in [0.3, 0.4) is 0 Å². The van der Waals surface area contributed by atoms with E-state index < -0.39 is 5.97 Å². The zero-order chi connectivity index (χ0) is 11.4. The Bertz CT molecular complexity index is 218. The van der Waals surface area contributed by atoms with Gasteiger partial charge in [0.25, 0.3) is 0 Å². The third-order valence-corrected chi connectivity index (χ3v) is 3.50. The molecule has 0 aromatic rings. The number of carboxylic acids is 1. The maximum atomic E-state index is 11.1. The Morgan fingerprint density at radius 3 is 2.80 bits per heavy atom. The molecule has 1 saturated heterocycles. The average Bonchev–Trinajstić information content (AvgIpc) is 2.20. The Kier molecular flexibility index (Phi) is 4.58. The van der Waals surface area contributed by atoms with E-state index in [0.717, 1.165) is 32.4 Å². The summed E-state index contributed by atoms with van der Waals surface area (Å²) in [4.78, 5) is 13.3. The number of piperidine rings is 1. The molecular weight excluding hydrogens is 190 g/mol. The van der Waals surface area contributed by atoms with Gasteiger partial charge in [-0.2, -0.15) is 0 Å². The number of carboxylic acid groups (broad SMARTS) is 1. The van der Waals surface area contributed by atoms with Crippen molar-refractivity contribution in [2.75, 3.05) is 13.1 Å². The van der Waals surface area contributed by atoms with Crippen molar-refractivity contribution >= 4 is 5.97 Å². The van der Waals surface area contributed by atoms with Gasteiger partial charge in [-0.15, -0.1) is 0 Å². The van der Waals surface area contributed by atoms with Crippen LogP contribution in [0.5, 0.6) is 0 Å². The summed E-state index contributed by atoms with van der Waals surface area (Å²) in [5, 5.41) is 9.17. The molecule has 1 N–H and O–H groups in total. The van der Waals surface area contributed by atoms with Gasteiger partial charge < -0.3 is 5.11 Å². The van der Waals surface area contributed by atoms with Gasteiger partial charge in [-0.3, -0.25) is 9.69 Å². The fourth-order valence-electron chi connectivity index (χ4n) is 2.20. The van der Waals surface area contributed by atoms with Gasteiger partial charge in [-0.1, -0.05) is 27.2 Å². The minimum atomic E-state index is -0.648. The van der Waals surface area contributed by atoms with Crippen LogP contribution in [-0.2, 0) is 4.79 Å². The van der Waals surface area contributed by atoms with Crippen molar-refractivity contribution in [3.8, 4) is 0 Å². The van der Waals surface area contributed by atoms with Crippen LogP contribution >= 0.6 is 0 Å². The van der Waals surface area contributed by atoms with Crippen LogP contribution in [0.4, 0.5) is 0 Å². The minimum Gasteiger partial charge on any atom is -0.480 e. The highest BCUT2D eigenvalue weighted by atomic mass is 16.4. The minimum absolute atomic E-state index is 0.247. The second kappa shape index (κ2) is 5.50. The van der Waals surface area contributed by atoms with E-state index in [1.54, 1.807) is 0 Å². The molecule has 1 aliphatic heterocycles. The summed E-state index contributed by atoms with van der Waals surface area (Å²) < 4.78 is 0. The normalized spacial score (nSPS) is 30.1. The van der Waals surface area contributed by atoms with Gasteiger partial charge in [0, 0.05) is 6.54 Å². The second-order valence-corrected chi connectivity index (χ2v) is 4.99. The highest BCUT2D eigenvalue weighted by molar-refractivity contribution is 5.73. The maximum Gasteiger partial charge on any atom is 0.320 e. The van der Waals surface area contributed by atoms with E-state index in [1.807, 2.05) is 0 Å². The standard InChI is InChI=1S/C12H23NO2/c1-4-9(2)8-13-6-5-10(3)7-11(13)12(14)15/h9-11H,4-8H2,1-3H3,(H,14,15). The lowest BCUT2D eigenvalue weighted by Gasteiger charge is -2.37. The molecule has 3 nitrogen and oxygen atoms in total. The van der Waals surface area contributed by atoms with E-state index in [4.69, 9.17) is 0 Å². The largest absolute Gasteiger partial charge is 0.480 e. The average molecular weight is 213 g/mol. The molecule has 0 aromatic heterocycles. The first-order valence-corrected chi connectivity index (χ1v) is 6.01. The zero-order valence-corrected chi connectivity index (χ0v) is 10.1. The van der Waals surface area contributed by atoms with Crippen LogP contribution in [0.1, 0.15) is 40.0 Å². The van der Waals surface area contributed by atoms with Crippen molar-refractivity contribution in [3.05, 3.63) is 0 Å². The van der Waals surface area contributed by atoms with Crippen LogP contribution in [0.2, 0.25) is 0 Å². The second-order valence-electron chi connectivity index (χ2n) is 4.99. The van der Waals surface area contributed by atoms with Gasteiger partial charge in [0.05, 0.1) is 0 Å². The smallest absolute Gasteiger partial charge is 0.320 e. The predicted octanol–water partition coefficient (Wildman–Crippen LogP) is 2.22. The monoisotopic (exact) mass is 213 g/mol. The number of likely N-dealkylation sites (tertiary alicyclic amines) is 1. The lowest BCUT2D eigenvalue weighted by Crippen LogP contribution is -2.48. The molecule has 0 bridgehead atoms. The summed E-state index contributed by atoms with van der Waals surface area (Å²) in [5.41, 5.74) is 0. The molecule has 0 aliphatic carbocycles. The molecule has 1 rings (SSSR count). The molecule has 0 amide bonds. The maximum absolute atomic E-state index is 11.1. The van der Waals surface area contributed by atoms with E-state index in [9.17, 15) is 9.90 Å². The third kappa shape index (κ3) is 3.49. The summed E-state index contributed by atoms with van der Waals surface area (Å²) >= 11 is 0. The lowest BCUT2D eigenvalue weighted by atomic mass is 9.91. The molecule has 3 unspecified atom stereocenters. The molecule has 0 saturated carbocycles. The van der Waals surface area contributed by atoms with Crippen LogP contribution < -0.4 is 0 Å². The first-order chi connectivity index (χ1) is 7.04. The first-order valence-electron chi connectivity index (χ1n) is 6.01. The van der Waals surface area contributed by atoms with Crippen LogP contribution in [0, 0.1) is 11.8 Å². The number of carbonyl (C=O) groups is 1. The molecule has 3 heteroatoms. The van der Waals surface area contributed by atoms with E-state index in [0.29, 0.717) is 11.8 Å². The van der Waals surface area contributed by atoms with Crippen molar-refractivity contribution in [1.82, 2.24) is 4.90 Å². The lowest BCUT2D eigenvalue weighted by molar-refractivity contribution is -0.145. The van der Waals surface area contributed by atoms with Crippen molar-refractivity contribution in [2.24, 2.45) is 11.8 Å². The van der Waals surface area contributed by atoms with Gasteiger partial charge in [-0.05, 0) is 31.2 Å². The van der Waals surface area contributed by atoms with Gasteiger partial charge in [0.2, 0.25) is 0 Å². The molecule has 88 valence electrons. The Morgan fingerprint density at radius 2 is 2.27 bits per heavy atom. The molecule has 15 heavy (non-hydrogen) atoms. The molecule has 3 atom stereocenters. The van der Waals surface area contributed by atoms with Gasteiger partial charge in [0.15, 0.2) is 0 Å². The number of aliphatic carboxylic acids is 1. The molecule has 1 aliphatic rings. The number of rotatable bonds is 4. The van der Waals surface area contributed by atoms with E-state index >= 15 is 0 Å². The Morgan fingerprint density at radius 1 is 1.60 bits per heavy atom. The van der Waals surface area contributed by atoms with Crippen molar-refractivity contribution in [3.63, 3.8) is 0 Å². The summed E-state index contributed by atoms with van der Waals surface area (Å²) in [6.07, 6.45) is 3.07. The van der Waals surface area contributed by atoms with Gasteiger partial charge >= 0.3 is 5.97 Å². The van der Waals surface area contributed by atoms with Crippen molar-refractivity contribution in [1.29, 1.82) is 0 Å². The molecule has 0 spiro atoms. The predicted molar refractivity (Wildman–Crippen MR) is 60.8 cm³/mol. The molecular formula is C12H23NO2. The third-order valence-electron chi connectivity index (χ3n) is 3.50. The van der Waals surface area contributed by atoms with Crippen molar-refractivity contribution < 1.29 is 9.90 Å². The van der Waals surface area contributed by atoms with E-state index in [2.05, 4.69) is 25.7 Å². The van der Waals surface area contributed by atoms with Gasteiger partial charge in [-0.25, -0.2) is 0 Å².